The summed E-state index contributed by atoms with van der Waals surface area (Å²) in [7, 11) is 0. The van der Waals surface area contributed by atoms with Crippen LogP contribution in [0.3, 0.4) is 0 Å². The molecule has 0 fully saturated rings. The number of rotatable bonds is 3. The van der Waals surface area contributed by atoms with Gasteiger partial charge in [0.05, 0.1) is 12.3 Å². The standard InChI is InChI=1S/C18H15F2NO2S/c1-4-23-18(22)16-10(3)21-17(24-16)11-5-9(2)13-7-12(19)8-15(20)14(13)6-11/h5-8H,4H2,1-3H3. The van der Waals surface area contributed by atoms with Gasteiger partial charge < -0.3 is 4.74 Å². The molecular formula is C18H15F2NO2S. The Balaban J connectivity index is 2.14. The molecule has 0 saturated carbocycles. The van der Waals surface area contributed by atoms with Gasteiger partial charge in [0.15, 0.2) is 0 Å². The van der Waals surface area contributed by atoms with Crippen LogP contribution >= 0.6 is 11.3 Å². The van der Waals surface area contributed by atoms with Crippen molar-refractivity contribution < 1.29 is 18.3 Å². The molecule has 0 saturated heterocycles. The van der Waals surface area contributed by atoms with Crippen LogP contribution in [0.25, 0.3) is 21.3 Å². The first kappa shape index (κ1) is 16.5. The molecule has 0 amide bonds. The zero-order chi connectivity index (χ0) is 17.4. The Bertz CT molecular complexity index is 950. The smallest absolute Gasteiger partial charge is 0.350 e. The van der Waals surface area contributed by atoms with E-state index in [0.29, 0.717) is 31.9 Å². The molecule has 0 aliphatic heterocycles. The third kappa shape index (κ3) is 2.89. The Kier molecular flexibility index (Phi) is 4.32. The van der Waals surface area contributed by atoms with Crippen molar-refractivity contribution in [2.45, 2.75) is 20.8 Å². The van der Waals surface area contributed by atoms with Crippen molar-refractivity contribution in [2.24, 2.45) is 0 Å². The van der Waals surface area contributed by atoms with E-state index in [1.807, 2.05) is 6.07 Å². The number of ether oxygens (including phenoxy) is 1. The van der Waals surface area contributed by atoms with E-state index in [4.69, 9.17) is 4.74 Å². The van der Waals surface area contributed by atoms with Gasteiger partial charge >= 0.3 is 5.97 Å². The second-order valence-corrected chi connectivity index (χ2v) is 6.43. The number of benzene rings is 2. The number of esters is 1. The van der Waals surface area contributed by atoms with Crippen molar-refractivity contribution in [3.63, 3.8) is 0 Å². The molecule has 6 heteroatoms. The monoisotopic (exact) mass is 347 g/mol. The van der Waals surface area contributed by atoms with Gasteiger partial charge in [-0.1, -0.05) is 0 Å². The molecule has 0 bridgehead atoms. The molecule has 3 rings (SSSR count). The van der Waals surface area contributed by atoms with Gasteiger partial charge in [-0.25, -0.2) is 18.6 Å². The fourth-order valence-electron chi connectivity index (χ4n) is 2.60. The maximum absolute atomic E-state index is 14.1. The molecule has 0 radical (unpaired) electrons. The van der Waals surface area contributed by atoms with E-state index < -0.39 is 17.6 Å². The van der Waals surface area contributed by atoms with Gasteiger partial charge in [0.25, 0.3) is 0 Å². The molecule has 3 nitrogen and oxygen atoms in total. The van der Waals surface area contributed by atoms with Crippen LogP contribution < -0.4 is 0 Å². The summed E-state index contributed by atoms with van der Waals surface area (Å²) in [6, 6.07) is 5.62. The van der Waals surface area contributed by atoms with Crippen molar-refractivity contribution in [1.82, 2.24) is 4.98 Å². The van der Waals surface area contributed by atoms with Crippen LogP contribution in [-0.4, -0.2) is 17.6 Å². The van der Waals surface area contributed by atoms with Crippen LogP contribution in [0.15, 0.2) is 24.3 Å². The summed E-state index contributed by atoms with van der Waals surface area (Å²) in [5.41, 5.74) is 2.01. The highest BCUT2D eigenvalue weighted by molar-refractivity contribution is 7.17. The number of hydrogen-bond acceptors (Lipinski definition) is 4. The molecule has 0 aliphatic rings. The zero-order valence-electron chi connectivity index (χ0n) is 13.4. The number of aromatic nitrogens is 1. The number of nitrogens with zero attached hydrogens (tertiary/aromatic N) is 1. The lowest BCUT2D eigenvalue weighted by Crippen LogP contribution is -2.03. The Morgan fingerprint density at radius 1 is 1.17 bits per heavy atom. The van der Waals surface area contributed by atoms with E-state index in [0.717, 1.165) is 11.6 Å². The number of carbonyl (C=O) groups is 1. The molecule has 0 N–H and O–H groups in total. The molecule has 2 aromatic carbocycles. The van der Waals surface area contributed by atoms with E-state index in [2.05, 4.69) is 4.98 Å². The van der Waals surface area contributed by atoms with Gasteiger partial charge in [-0.3, -0.25) is 0 Å². The van der Waals surface area contributed by atoms with Gasteiger partial charge in [0.2, 0.25) is 0 Å². The number of aryl methyl sites for hydroxylation is 2. The molecule has 0 aliphatic carbocycles. The molecule has 0 unspecified atom stereocenters. The molecule has 1 aromatic heterocycles. The molecule has 124 valence electrons. The molecule has 0 spiro atoms. The Hall–Kier alpha value is -2.34. The quantitative estimate of drug-likeness (QED) is 0.624. The van der Waals surface area contributed by atoms with Crippen LogP contribution in [0, 0.1) is 25.5 Å². The van der Waals surface area contributed by atoms with Crippen molar-refractivity contribution in [3.05, 3.63) is 52.0 Å². The number of carbonyl (C=O) groups excluding carboxylic acids is 1. The summed E-state index contributed by atoms with van der Waals surface area (Å²) >= 11 is 1.20. The van der Waals surface area contributed by atoms with Crippen LogP contribution in [0.1, 0.15) is 27.9 Å². The summed E-state index contributed by atoms with van der Waals surface area (Å²) in [6.45, 7) is 5.55. The summed E-state index contributed by atoms with van der Waals surface area (Å²) in [6.07, 6.45) is 0. The van der Waals surface area contributed by atoms with Crippen LogP contribution in [-0.2, 0) is 4.74 Å². The van der Waals surface area contributed by atoms with Gasteiger partial charge in [0, 0.05) is 17.0 Å². The maximum atomic E-state index is 14.1. The molecule has 0 atom stereocenters. The minimum atomic E-state index is -0.617. The van der Waals surface area contributed by atoms with Crippen molar-refractivity contribution >= 4 is 28.1 Å². The van der Waals surface area contributed by atoms with Gasteiger partial charge in [-0.2, -0.15) is 0 Å². The highest BCUT2D eigenvalue weighted by Gasteiger charge is 2.18. The van der Waals surface area contributed by atoms with Crippen LogP contribution in [0.5, 0.6) is 0 Å². The number of thiazole rings is 1. The molecule has 3 aromatic rings. The highest BCUT2D eigenvalue weighted by Crippen LogP contribution is 2.33. The van der Waals surface area contributed by atoms with Crippen molar-refractivity contribution in [3.8, 4) is 10.6 Å². The molecular weight excluding hydrogens is 332 g/mol. The first-order chi connectivity index (χ1) is 11.4. The van der Waals surface area contributed by atoms with Crippen LogP contribution in [0.2, 0.25) is 0 Å². The van der Waals surface area contributed by atoms with E-state index in [9.17, 15) is 13.6 Å². The lowest BCUT2D eigenvalue weighted by Gasteiger charge is -2.07. The van der Waals surface area contributed by atoms with E-state index >= 15 is 0 Å². The fourth-order valence-corrected chi connectivity index (χ4v) is 3.54. The summed E-state index contributed by atoms with van der Waals surface area (Å²) in [5.74, 6) is -1.64. The van der Waals surface area contributed by atoms with Gasteiger partial charge in [-0.15, -0.1) is 11.3 Å². The molecule has 1 heterocycles. The Labute approximate surface area is 141 Å². The number of fused-ring (bicyclic) bond motifs is 1. The van der Waals surface area contributed by atoms with Crippen LogP contribution in [0.4, 0.5) is 8.78 Å². The lowest BCUT2D eigenvalue weighted by molar-refractivity contribution is 0.0531. The SMILES string of the molecule is CCOC(=O)c1sc(-c2cc(C)c3cc(F)cc(F)c3c2)nc1C. The average molecular weight is 347 g/mol. The minimum absolute atomic E-state index is 0.289. The predicted octanol–water partition coefficient (Wildman–Crippen LogP) is 5.04. The summed E-state index contributed by atoms with van der Waals surface area (Å²) in [4.78, 5) is 16.8. The molecule has 24 heavy (non-hydrogen) atoms. The van der Waals surface area contributed by atoms with E-state index in [1.165, 1.54) is 17.4 Å². The Morgan fingerprint density at radius 3 is 2.62 bits per heavy atom. The number of halogens is 2. The Morgan fingerprint density at radius 2 is 1.92 bits per heavy atom. The fraction of sp³-hybridized carbons (Fsp3) is 0.222. The lowest BCUT2D eigenvalue weighted by atomic mass is 10.0. The summed E-state index contributed by atoms with van der Waals surface area (Å²) in [5, 5.41) is 1.45. The van der Waals surface area contributed by atoms with Crippen molar-refractivity contribution in [2.75, 3.05) is 6.61 Å². The largest absolute Gasteiger partial charge is 0.462 e. The summed E-state index contributed by atoms with van der Waals surface area (Å²) < 4.78 is 32.5. The van der Waals surface area contributed by atoms with Crippen molar-refractivity contribution in [1.29, 1.82) is 0 Å². The topological polar surface area (TPSA) is 39.2 Å². The highest BCUT2D eigenvalue weighted by atomic mass is 32.1. The first-order valence-electron chi connectivity index (χ1n) is 7.45. The predicted molar refractivity (Wildman–Crippen MR) is 90.4 cm³/mol. The minimum Gasteiger partial charge on any atom is -0.462 e. The number of hydrogen-bond donors (Lipinski definition) is 0. The third-order valence-corrected chi connectivity index (χ3v) is 4.88. The van der Waals surface area contributed by atoms with Gasteiger partial charge in [-0.05, 0) is 49.9 Å². The maximum Gasteiger partial charge on any atom is 0.350 e. The van der Waals surface area contributed by atoms with E-state index in [1.54, 1.807) is 26.8 Å². The second-order valence-electron chi connectivity index (χ2n) is 5.43. The van der Waals surface area contributed by atoms with Gasteiger partial charge in [0.1, 0.15) is 21.5 Å². The zero-order valence-corrected chi connectivity index (χ0v) is 14.3. The second kappa shape index (κ2) is 6.28. The average Bonchev–Trinajstić information content (AvgIpc) is 2.90. The van der Waals surface area contributed by atoms with E-state index in [-0.39, 0.29) is 6.61 Å². The normalized spacial score (nSPS) is 11.0. The first-order valence-corrected chi connectivity index (χ1v) is 8.26. The third-order valence-electron chi connectivity index (χ3n) is 3.70.